The predicted octanol–water partition coefficient (Wildman–Crippen LogP) is 4.21. The van der Waals surface area contributed by atoms with Crippen LogP contribution in [0.4, 0.5) is 17.4 Å². The zero-order chi connectivity index (χ0) is 20.1. The lowest BCUT2D eigenvalue weighted by Crippen LogP contribution is -2.36. The summed E-state index contributed by atoms with van der Waals surface area (Å²) in [5, 5.41) is 6.19. The number of hydrogen-bond acceptors (Lipinski definition) is 6. The second kappa shape index (κ2) is 8.87. The number of carbonyl (C=O) groups excluding carboxylic acids is 1. The number of nitrogens with zero attached hydrogens (tertiary/aromatic N) is 3. The molecule has 0 spiro atoms. The molecule has 0 bridgehead atoms. The molecular weight excluding hydrogens is 366 g/mol. The number of anilines is 3. The molecule has 7 heteroatoms. The third kappa shape index (κ3) is 5.00. The minimum Gasteiger partial charge on any atom is -0.423 e. The molecule has 1 aliphatic heterocycles. The van der Waals surface area contributed by atoms with Gasteiger partial charge >= 0.3 is 0 Å². The molecule has 1 saturated heterocycles. The number of benzene rings is 1. The summed E-state index contributed by atoms with van der Waals surface area (Å²) in [5.74, 6) is 0.654. The molecule has 29 heavy (non-hydrogen) atoms. The Balaban J connectivity index is 1.42. The zero-order valence-corrected chi connectivity index (χ0v) is 16.5. The second-order valence-electron chi connectivity index (χ2n) is 7.31. The molecular formula is C22H25N5O2. The fourth-order valence-electron chi connectivity index (χ4n) is 3.44. The van der Waals surface area contributed by atoms with Crippen LogP contribution in [0.1, 0.15) is 24.8 Å². The van der Waals surface area contributed by atoms with Gasteiger partial charge in [-0.05, 0) is 62.7 Å². The van der Waals surface area contributed by atoms with Crippen molar-refractivity contribution in [3.8, 4) is 11.3 Å². The van der Waals surface area contributed by atoms with Gasteiger partial charge in [0, 0.05) is 29.3 Å². The highest BCUT2D eigenvalue weighted by molar-refractivity contribution is 5.93. The van der Waals surface area contributed by atoms with E-state index in [1.54, 1.807) is 18.6 Å². The van der Waals surface area contributed by atoms with E-state index >= 15 is 0 Å². The van der Waals surface area contributed by atoms with Gasteiger partial charge in [-0.15, -0.1) is 0 Å². The molecule has 0 saturated carbocycles. The van der Waals surface area contributed by atoms with Gasteiger partial charge in [0.05, 0.1) is 12.7 Å². The summed E-state index contributed by atoms with van der Waals surface area (Å²) >= 11 is 0. The topological polar surface area (TPSA) is 83.3 Å². The van der Waals surface area contributed by atoms with Gasteiger partial charge in [-0.2, -0.15) is 0 Å². The average Bonchev–Trinajstić information content (AvgIpc) is 3.20. The second-order valence-corrected chi connectivity index (χ2v) is 7.31. The number of nitrogens with one attached hydrogen (secondary N) is 2. The Kier molecular flexibility index (Phi) is 5.86. The van der Waals surface area contributed by atoms with Crippen molar-refractivity contribution in [2.45, 2.75) is 26.2 Å². The smallest absolute Gasteiger partial charge is 0.299 e. The van der Waals surface area contributed by atoms with Crippen LogP contribution < -0.4 is 10.6 Å². The Bertz CT molecular complexity index is 964. The van der Waals surface area contributed by atoms with E-state index in [1.165, 1.54) is 19.3 Å². The van der Waals surface area contributed by atoms with Crippen LogP contribution in [0.25, 0.3) is 11.3 Å². The predicted molar refractivity (Wildman–Crippen MR) is 113 cm³/mol. The third-order valence-corrected chi connectivity index (χ3v) is 5.03. The van der Waals surface area contributed by atoms with E-state index < -0.39 is 0 Å². The fourth-order valence-corrected chi connectivity index (χ4v) is 3.44. The van der Waals surface area contributed by atoms with Crippen molar-refractivity contribution in [2.75, 3.05) is 30.3 Å². The Hall–Kier alpha value is -3.19. The number of piperidine rings is 1. The molecule has 3 aromatic rings. The van der Waals surface area contributed by atoms with Gasteiger partial charge in [-0.25, -0.2) is 4.98 Å². The number of likely N-dealkylation sites (tertiary alicyclic amines) is 1. The fraction of sp³-hybridized carbons (Fsp3) is 0.318. The average molecular weight is 391 g/mol. The van der Waals surface area contributed by atoms with Crippen molar-refractivity contribution < 1.29 is 9.21 Å². The molecule has 0 unspecified atom stereocenters. The lowest BCUT2D eigenvalue weighted by atomic mass is 10.1. The van der Waals surface area contributed by atoms with E-state index in [1.807, 2.05) is 37.3 Å². The maximum atomic E-state index is 12.4. The molecule has 0 atom stereocenters. The van der Waals surface area contributed by atoms with Crippen LogP contribution in [0.2, 0.25) is 0 Å². The highest BCUT2D eigenvalue weighted by Crippen LogP contribution is 2.27. The Labute approximate surface area is 170 Å². The van der Waals surface area contributed by atoms with E-state index in [9.17, 15) is 4.79 Å². The number of aryl methyl sites for hydroxylation is 1. The summed E-state index contributed by atoms with van der Waals surface area (Å²) in [5.41, 5.74) is 3.48. The van der Waals surface area contributed by atoms with Crippen molar-refractivity contribution in [3.63, 3.8) is 0 Å². The number of oxazole rings is 1. The van der Waals surface area contributed by atoms with Gasteiger partial charge in [-0.3, -0.25) is 14.7 Å². The van der Waals surface area contributed by atoms with Crippen LogP contribution in [0.5, 0.6) is 0 Å². The minimum atomic E-state index is 0.0108. The first-order valence-corrected chi connectivity index (χ1v) is 9.93. The van der Waals surface area contributed by atoms with E-state index in [4.69, 9.17) is 4.42 Å². The van der Waals surface area contributed by atoms with Gasteiger partial charge in [0.15, 0.2) is 5.76 Å². The van der Waals surface area contributed by atoms with Crippen LogP contribution in [0.15, 0.2) is 53.3 Å². The van der Waals surface area contributed by atoms with Crippen LogP contribution >= 0.6 is 0 Å². The molecule has 3 heterocycles. The van der Waals surface area contributed by atoms with Crippen LogP contribution in [0.3, 0.4) is 0 Å². The molecule has 0 radical (unpaired) electrons. The maximum absolute atomic E-state index is 12.4. The number of rotatable bonds is 6. The number of amides is 1. The minimum absolute atomic E-state index is 0.0108. The highest BCUT2D eigenvalue weighted by atomic mass is 16.4. The standard InChI is InChI=1S/C22H25N5O2/c1-16-7-8-18(25-21(28)15-27-10-3-2-4-11-27)12-19(16)26-22-24-14-20(29-22)17-6-5-9-23-13-17/h5-9,12-14H,2-4,10-11,15H2,1H3,(H,24,26)(H,25,28). The van der Waals surface area contributed by atoms with Crippen molar-refractivity contribution in [1.29, 1.82) is 0 Å². The van der Waals surface area contributed by atoms with Crippen molar-refractivity contribution in [1.82, 2.24) is 14.9 Å². The van der Waals surface area contributed by atoms with Crippen LogP contribution in [0, 0.1) is 6.92 Å². The SMILES string of the molecule is Cc1ccc(NC(=O)CN2CCCCC2)cc1Nc1ncc(-c2cccnc2)o1. The molecule has 1 aromatic carbocycles. The zero-order valence-electron chi connectivity index (χ0n) is 16.5. The van der Waals surface area contributed by atoms with Gasteiger partial charge < -0.3 is 15.1 Å². The van der Waals surface area contributed by atoms with Crippen LogP contribution in [-0.2, 0) is 4.79 Å². The molecule has 2 aromatic heterocycles. The van der Waals surface area contributed by atoms with Crippen molar-refractivity contribution in [2.24, 2.45) is 0 Å². The number of pyridine rings is 1. The van der Waals surface area contributed by atoms with E-state index in [0.717, 1.165) is 35.6 Å². The normalized spacial score (nSPS) is 14.5. The molecule has 1 amide bonds. The maximum Gasteiger partial charge on any atom is 0.299 e. The largest absolute Gasteiger partial charge is 0.423 e. The lowest BCUT2D eigenvalue weighted by Gasteiger charge is -2.25. The van der Waals surface area contributed by atoms with E-state index in [0.29, 0.717) is 18.3 Å². The molecule has 1 aliphatic rings. The van der Waals surface area contributed by atoms with Gasteiger partial charge in [0.1, 0.15) is 0 Å². The Morgan fingerprint density at radius 3 is 2.83 bits per heavy atom. The molecule has 0 aliphatic carbocycles. The lowest BCUT2D eigenvalue weighted by molar-refractivity contribution is -0.117. The van der Waals surface area contributed by atoms with Gasteiger partial charge in [-0.1, -0.05) is 12.5 Å². The summed E-state index contributed by atoms with van der Waals surface area (Å²) in [6, 6.07) is 9.93. The first-order chi connectivity index (χ1) is 14.2. The molecule has 1 fully saturated rings. The van der Waals surface area contributed by atoms with Crippen molar-refractivity contribution >= 4 is 23.3 Å². The summed E-state index contributed by atoms with van der Waals surface area (Å²) in [7, 11) is 0. The van der Waals surface area contributed by atoms with Crippen LogP contribution in [-0.4, -0.2) is 40.4 Å². The highest BCUT2D eigenvalue weighted by Gasteiger charge is 2.14. The molecule has 2 N–H and O–H groups in total. The van der Waals surface area contributed by atoms with Gasteiger partial charge in [0.2, 0.25) is 5.91 Å². The Morgan fingerprint density at radius 1 is 1.17 bits per heavy atom. The first-order valence-electron chi connectivity index (χ1n) is 9.93. The van der Waals surface area contributed by atoms with Gasteiger partial charge in [0.25, 0.3) is 6.01 Å². The Morgan fingerprint density at radius 2 is 2.03 bits per heavy atom. The molecule has 4 rings (SSSR count). The molecule has 7 nitrogen and oxygen atoms in total. The van der Waals surface area contributed by atoms with Crippen molar-refractivity contribution in [3.05, 3.63) is 54.5 Å². The quantitative estimate of drug-likeness (QED) is 0.655. The monoisotopic (exact) mass is 391 g/mol. The number of aromatic nitrogens is 2. The summed E-state index contributed by atoms with van der Waals surface area (Å²) in [4.78, 5) is 23.0. The first kappa shape index (κ1) is 19.1. The summed E-state index contributed by atoms with van der Waals surface area (Å²) in [6.07, 6.45) is 8.71. The summed E-state index contributed by atoms with van der Waals surface area (Å²) < 4.78 is 5.79. The van der Waals surface area contributed by atoms with E-state index in [-0.39, 0.29) is 5.91 Å². The third-order valence-electron chi connectivity index (χ3n) is 5.03. The summed E-state index contributed by atoms with van der Waals surface area (Å²) in [6.45, 7) is 4.42. The molecule has 150 valence electrons. The van der Waals surface area contributed by atoms with E-state index in [2.05, 4.69) is 25.5 Å². The number of carbonyl (C=O) groups is 1. The number of hydrogen-bond donors (Lipinski definition) is 2.